The van der Waals surface area contributed by atoms with Gasteiger partial charge in [0.2, 0.25) is 10.0 Å². The fourth-order valence-electron chi connectivity index (χ4n) is 2.13. The van der Waals surface area contributed by atoms with E-state index in [1.807, 2.05) is 0 Å². The molecule has 1 aromatic carbocycles. The van der Waals surface area contributed by atoms with Crippen molar-refractivity contribution < 1.29 is 13.2 Å². The van der Waals surface area contributed by atoms with Crippen LogP contribution in [0.5, 0.6) is 5.75 Å². The zero-order valence-corrected chi connectivity index (χ0v) is 11.9. The van der Waals surface area contributed by atoms with Crippen molar-refractivity contribution in [2.24, 2.45) is 0 Å². The summed E-state index contributed by atoms with van der Waals surface area (Å²) in [6.45, 7) is 3.94. The second kappa shape index (κ2) is 6.36. The highest BCUT2D eigenvalue weighted by Crippen LogP contribution is 2.25. The summed E-state index contributed by atoms with van der Waals surface area (Å²) in [6, 6.07) is 6.79. The van der Waals surface area contributed by atoms with Crippen LogP contribution in [0.15, 0.2) is 29.2 Å². The maximum Gasteiger partial charge on any atom is 0.244 e. The van der Waals surface area contributed by atoms with E-state index in [2.05, 4.69) is 10.0 Å². The fourth-order valence-corrected chi connectivity index (χ4v) is 3.30. The van der Waals surface area contributed by atoms with Gasteiger partial charge in [-0.2, -0.15) is 0 Å². The number of para-hydroxylation sites is 1. The predicted octanol–water partition coefficient (Wildman–Crippen LogP) is 1.12. The first-order valence-electron chi connectivity index (χ1n) is 6.59. The number of sulfonamides is 1. The Morgan fingerprint density at radius 3 is 2.68 bits per heavy atom. The van der Waals surface area contributed by atoms with Crippen LogP contribution in [0.1, 0.15) is 19.8 Å². The van der Waals surface area contributed by atoms with E-state index in [1.54, 1.807) is 31.2 Å². The first-order valence-corrected chi connectivity index (χ1v) is 8.08. The first kappa shape index (κ1) is 14.3. The molecule has 106 valence electrons. The fraction of sp³-hybridized carbons (Fsp3) is 0.538. The minimum atomic E-state index is -3.48. The van der Waals surface area contributed by atoms with Gasteiger partial charge in [0.05, 0.1) is 0 Å². The Morgan fingerprint density at radius 1 is 1.32 bits per heavy atom. The molecule has 1 fully saturated rings. The van der Waals surface area contributed by atoms with E-state index in [4.69, 9.17) is 4.74 Å². The topological polar surface area (TPSA) is 67.4 Å². The second-order valence-corrected chi connectivity index (χ2v) is 6.25. The van der Waals surface area contributed by atoms with E-state index >= 15 is 0 Å². The van der Waals surface area contributed by atoms with Crippen LogP contribution in [0, 0.1) is 0 Å². The molecule has 0 unspecified atom stereocenters. The number of hydrogen-bond acceptors (Lipinski definition) is 4. The summed E-state index contributed by atoms with van der Waals surface area (Å²) in [5.41, 5.74) is 0. The van der Waals surface area contributed by atoms with E-state index in [1.165, 1.54) is 0 Å². The van der Waals surface area contributed by atoms with Gasteiger partial charge < -0.3 is 10.1 Å². The van der Waals surface area contributed by atoms with Crippen LogP contribution in [0.4, 0.5) is 0 Å². The molecule has 19 heavy (non-hydrogen) atoms. The molecule has 1 heterocycles. The molecule has 2 N–H and O–H groups in total. The molecule has 1 saturated heterocycles. The van der Waals surface area contributed by atoms with Crippen molar-refractivity contribution in [3.05, 3.63) is 24.3 Å². The molecule has 0 amide bonds. The van der Waals surface area contributed by atoms with Crippen molar-refractivity contribution in [1.82, 2.24) is 10.0 Å². The third-order valence-electron chi connectivity index (χ3n) is 3.05. The molecular weight excluding hydrogens is 264 g/mol. The van der Waals surface area contributed by atoms with Crippen LogP contribution in [0.25, 0.3) is 0 Å². The van der Waals surface area contributed by atoms with Gasteiger partial charge in [-0.15, -0.1) is 0 Å². The lowest BCUT2D eigenvalue weighted by Crippen LogP contribution is -2.34. The molecule has 0 bridgehead atoms. The lowest BCUT2D eigenvalue weighted by molar-refractivity contribution is 0.158. The standard InChI is InChI=1S/C13H20N2O3S/c1-2-15-19(16,17)13-6-4-3-5-12(13)18-11-7-9-14-10-8-11/h3-6,11,14-15H,2,7-10H2,1H3. The van der Waals surface area contributed by atoms with Crippen molar-refractivity contribution in [2.75, 3.05) is 19.6 Å². The zero-order valence-electron chi connectivity index (χ0n) is 11.1. The SMILES string of the molecule is CCNS(=O)(=O)c1ccccc1OC1CCNCC1. The summed E-state index contributed by atoms with van der Waals surface area (Å²) in [7, 11) is -3.48. The van der Waals surface area contributed by atoms with Crippen LogP contribution in [0.3, 0.4) is 0 Å². The van der Waals surface area contributed by atoms with Gasteiger partial charge in [-0.3, -0.25) is 0 Å². The highest BCUT2D eigenvalue weighted by Gasteiger charge is 2.21. The molecular formula is C13H20N2O3S. The Hall–Kier alpha value is -1.11. The molecule has 0 aliphatic carbocycles. The van der Waals surface area contributed by atoms with Gasteiger partial charge in [0.15, 0.2) is 0 Å². The van der Waals surface area contributed by atoms with E-state index in [0.717, 1.165) is 25.9 Å². The van der Waals surface area contributed by atoms with Gasteiger partial charge >= 0.3 is 0 Å². The molecule has 1 aliphatic rings. The predicted molar refractivity (Wildman–Crippen MR) is 73.8 cm³/mol. The second-order valence-electron chi connectivity index (χ2n) is 4.52. The maximum atomic E-state index is 12.1. The highest BCUT2D eigenvalue weighted by atomic mass is 32.2. The summed E-state index contributed by atoms with van der Waals surface area (Å²) in [5.74, 6) is 0.440. The number of piperidine rings is 1. The third kappa shape index (κ3) is 3.68. The van der Waals surface area contributed by atoms with Crippen LogP contribution < -0.4 is 14.8 Å². The number of rotatable bonds is 5. The Morgan fingerprint density at radius 2 is 2.00 bits per heavy atom. The third-order valence-corrected chi connectivity index (χ3v) is 4.64. The number of nitrogens with one attached hydrogen (secondary N) is 2. The minimum Gasteiger partial charge on any atom is -0.489 e. The quantitative estimate of drug-likeness (QED) is 0.850. The van der Waals surface area contributed by atoms with Crippen LogP contribution >= 0.6 is 0 Å². The van der Waals surface area contributed by atoms with E-state index < -0.39 is 10.0 Å². The molecule has 1 aliphatic heterocycles. The van der Waals surface area contributed by atoms with Crippen molar-refractivity contribution in [3.63, 3.8) is 0 Å². The summed E-state index contributed by atoms with van der Waals surface area (Å²) < 4.78 is 32.5. The van der Waals surface area contributed by atoms with Gasteiger partial charge in [0.1, 0.15) is 16.7 Å². The Labute approximate surface area is 114 Å². The van der Waals surface area contributed by atoms with Crippen molar-refractivity contribution in [2.45, 2.75) is 30.8 Å². The molecule has 1 aromatic rings. The van der Waals surface area contributed by atoms with Gasteiger partial charge in [-0.1, -0.05) is 19.1 Å². The number of benzene rings is 1. The van der Waals surface area contributed by atoms with Crippen molar-refractivity contribution >= 4 is 10.0 Å². The molecule has 0 spiro atoms. The van der Waals surface area contributed by atoms with E-state index in [-0.39, 0.29) is 11.0 Å². The minimum absolute atomic E-state index is 0.0826. The molecule has 2 rings (SSSR count). The Bertz CT molecular complexity index is 510. The van der Waals surface area contributed by atoms with Gasteiger partial charge in [0, 0.05) is 6.54 Å². The van der Waals surface area contributed by atoms with E-state index in [0.29, 0.717) is 12.3 Å². The zero-order chi connectivity index (χ0) is 13.7. The largest absolute Gasteiger partial charge is 0.489 e. The average Bonchev–Trinajstić information content (AvgIpc) is 2.40. The molecule has 6 heteroatoms. The Balaban J connectivity index is 2.20. The van der Waals surface area contributed by atoms with Crippen LogP contribution in [-0.4, -0.2) is 34.2 Å². The van der Waals surface area contributed by atoms with Gasteiger partial charge in [-0.25, -0.2) is 13.1 Å². The smallest absolute Gasteiger partial charge is 0.244 e. The summed E-state index contributed by atoms with van der Waals surface area (Å²) in [6.07, 6.45) is 1.88. The van der Waals surface area contributed by atoms with Gasteiger partial charge in [0.25, 0.3) is 0 Å². The molecule has 0 saturated carbocycles. The van der Waals surface area contributed by atoms with Crippen molar-refractivity contribution in [3.8, 4) is 5.75 Å². The lowest BCUT2D eigenvalue weighted by Gasteiger charge is -2.24. The molecule has 0 aromatic heterocycles. The van der Waals surface area contributed by atoms with Gasteiger partial charge in [-0.05, 0) is 38.1 Å². The monoisotopic (exact) mass is 284 g/mol. The van der Waals surface area contributed by atoms with Crippen molar-refractivity contribution in [1.29, 1.82) is 0 Å². The summed E-state index contributed by atoms with van der Waals surface area (Å²) in [5, 5.41) is 3.26. The highest BCUT2D eigenvalue weighted by molar-refractivity contribution is 7.89. The first-order chi connectivity index (χ1) is 9.13. The van der Waals surface area contributed by atoms with Crippen LogP contribution in [0.2, 0.25) is 0 Å². The lowest BCUT2D eigenvalue weighted by atomic mass is 10.1. The normalized spacial score (nSPS) is 17.3. The molecule has 5 nitrogen and oxygen atoms in total. The summed E-state index contributed by atoms with van der Waals surface area (Å²) in [4.78, 5) is 0.218. The average molecular weight is 284 g/mol. The number of ether oxygens (including phenoxy) is 1. The number of hydrogen-bond donors (Lipinski definition) is 2. The summed E-state index contributed by atoms with van der Waals surface area (Å²) >= 11 is 0. The van der Waals surface area contributed by atoms with Crippen LogP contribution in [-0.2, 0) is 10.0 Å². The molecule has 0 radical (unpaired) electrons. The Kier molecular flexibility index (Phi) is 4.79. The maximum absolute atomic E-state index is 12.1. The van der Waals surface area contributed by atoms with E-state index in [9.17, 15) is 8.42 Å². The molecule has 0 atom stereocenters.